The summed E-state index contributed by atoms with van der Waals surface area (Å²) in [5.74, 6) is 0.606. The molecule has 0 unspecified atom stereocenters. The molecule has 3 heteroatoms. The molecule has 0 spiro atoms. The van der Waals surface area contributed by atoms with Crippen molar-refractivity contribution >= 4 is 5.97 Å². The van der Waals surface area contributed by atoms with Crippen molar-refractivity contribution in [3.8, 4) is 0 Å². The van der Waals surface area contributed by atoms with Crippen LogP contribution in [-0.4, -0.2) is 26.2 Å². The molecule has 0 saturated heterocycles. The maximum Gasteiger partial charge on any atom is 0.333 e. The number of hydrogen-bond acceptors (Lipinski definition) is 3. The number of methoxy groups -OCH3 is 1. The van der Waals surface area contributed by atoms with Crippen molar-refractivity contribution in [3.05, 3.63) is 11.6 Å². The molecule has 0 amide bonds. The number of carbonyl (C=O) groups is 1. The summed E-state index contributed by atoms with van der Waals surface area (Å²) in [6.45, 7) is 3.62. The topological polar surface area (TPSA) is 38.3 Å². The molecule has 1 rings (SSSR count). The highest BCUT2D eigenvalue weighted by Gasteiger charge is 2.13. The van der Waals surface area contributed by atoms with Crippen LogP contribution in [0.1, 0.15) is 32.6 Å². The molecule has 1 aliphatic rings. The Morgan fingerprint density at radius 1 is 1.47 bits per heavy atom. The van der Waals surface area contributed by atoms with Crippen LogP contribution in [0.15, 0.2) is 11.6 Å². The summed E-state index contributed by atoms with van der Waals surface area (Å²) >= 11 is 0. The normalized spacial score (nSPS) is 18.1. The first-order valence-corrected chi connectivity index (χ1v) is 5.70. The Kier molecular flexibility index (Phi) is 5.40. The van der Waals surface area contributed by atoms with E-state index >= 15 is 0 Å². The van der Waals surface area contributed by atoms with Crippen molar-refractivity contribution in [3.63, 3.8) is 0 Å². The van der Waals surface area contributed by atoms with E-state index in [1.807, 2.05) is 6.08 Å². The molecule has 86 valence electrons. The van der Waals surface area contributed by atoms with Crippen molar-refractivity contribution in [1.82, 2.24) is 5.32 Å². The molecule has 1 N–H and O–H groups in total. The Morgan fingerprint density at radius 2 is 2.13 bits per heavy atom. The highest BCUT2D eigenvalue weighted by molar-refractivity contribution is 5.87. The lowest BCUT2D eigenvalue weighted by Gasteiger charge is -2.08. The highest BCUT2D eigenvalue weighted by Crippen LogP contribution is 2.23. The predicted molar refractivity (Wildman–Crippen MR) is 60.6 cm³/mol. The first-order chi connectivity index (χ1) is 7.24. The van der Waals surface area contributed by atoms with E-state index in [9.17, 15) is 4.79 Å². The zero-order valence-corrected chi connectivity index (χ0v) is 9.71. The molecule has 1 saturated carbocycles. The molecule has 0 aromatic heterocycles. The van der Waals surface area contributed by atoms with E-state index in [2.05, 4.69) is 10.1 Å². The van der Waals surface area contributed by atoms with Crippen LogP contribution in [0, 0.1) is 5.92 Å². The second-order valence-corrected chi connectivity index (χ2v) is 4.19. The molecule has 0 aromatic rings. The second kappa shape index (κ2) is 6.62. The van der Waals surface area contributed by atoms with Gasteiger partial charge in [-0.3, -0.25) is 0 Å². The van der Waals surface area contributed by atoms with Gasteiger partial charge in [0.1, 0.15) is 0 Å². The van der Waals surface area contributed by atoms with E-state index in [1.54, 1.807) is 6.92 Å². The molecular formula is C12H21NO2. The number of rotatable bonds is 5. The van der Waals surface area contributed by atoms with Gasteiger partial charge in [0.15, 0.2) is 0 Å². The quantitative estimate of drug-likeness (QED) is 0.429. The summed E-state index contributed by atoms with van der Waals surface area (Å²) in [5.41, 5.74) is 0.677. The molecule has 0 bridgehead atoms. The first kappa shape index (κ1) is 12.2. The molecule has 0 radical (unpaired) electrons. The molecule has 15 heavy (non-hydrogen) atoms. The smallest absolute Gasteiger partial charge is 0.333 e. The Labute approximate surface area is 91.9 Å². The van der Waals surface area contributed by atoms with Gasteiger partial charge < -0.3 is 10.1 Å². The fourth-order valence-corrected chi connectivity index (χ4v) is 1.97. The van der Waals surface area contributed by atoms with Crippen LogP contribution >= 0.6 is 0 Å². The maximum absolute atomic E-state index is 11.0. The van der Waals surface area contributed by atoms with Gasteiger partial charge in [-0.05, 0) is 32.2 Å². The molecule has 0 heterocycles. The Balaban J connectivity index is 2.11. The van der Waals surface area contributed by atoms with Crippen molar-refractivity contribution in [2.24, 2.45) is 5.92 Å². The third kappa shape index (κ3) is 4.47. The number of carbonyl (C=O) groups excluding carboxylic acids is 1. The van der Waals surface area contributed by atoms with Crippen LogP contribution in [0.25, 0.3) is 0 Å². The Hall–Kier alpha value is -0.830. The van der Waals surface area contributed by atoms with Crippen LogP contribution in [-0.2, 0) is 9.53 Å². The minimum Gasteiger partial charge on any atom is -0.466 e. The van der Waals surface area contributed by atoms with Crippen molar-refractivity contribution in [2.75, 3.05) is 20.2 Å². The summed E-state index contributed by atoms with van der Waals surface area (Å²) in [4.78, 5) is 11.0. The lowest BCUT2D eigenvalue weighted by atomic mass is 10.1. The molecule has 0 aliphatic heterocycles. The number of ether oxygens (including phenoxy) is 1. The molecule has 1 aliphatic carbocycles. The molecular weight excluding hydrogens is 190 g/mol. The van der Waals surface area contributed by atoms with E-state index in [0.717, 1.165) is 19.0 Å². The molecule has 0 atom stereocenters. The van der Waals surface area contributed by atoms with Crippen molar-refractivity contribution < 1.29 is 9.53 Å². The van der Waals surface area contributed by atoms with Crippen LogP contribution < -0.4 is 5.32 Å². The lowest BCUT2D eigenvalue weighted by Crippen LogP contribution is -2.21. The number of nitrogens with one attached hydrogen (secondary N) is 1. The zero-order chi connectivity index (χ0) is 11.1. The fraction of sp³-hybridized carbons (Fsp3) is 0.750. The van der Waals surface area contributed by atoms with E-state index in [1.165, 1.54) is 32.8 Å². The van der Waals surface area contributed by atoms with E-state index < -0.39 is 0 Å². The summed E-state index contributed by atoms with van der Waals surface area (Å²) in [6.07, 6.45) is 7.35. The van der Waals surface area contributed by atoms with Gasteiger partial charge in [-0.15, -0.1) is 0 Å². The van der Waals surface area contributed by atoms with Crippen molar-refractivity contribution in [1.29, 1.82) is 0 Å². The Morgan fingerprint density at radius 3 is 2.73 bits per heavy atom. The van der Waals surface area contributed by atoms with Crippen LogP contribution in [0.3, 0.4) is 0 Å². The first-order valence-electron chi connectivity index (χ1n) is 5.70. The summed E-state index contributed by atoms with van der Waals surface area (Å²) in [6, 6.07) is 0. The summed E-state index contributed by atoms with van der Waals surface area (Å²) < 4.78 is 4.61. The van der Waals surface area contributed by atoms with Crippen LogP contribution in [0.4, 0.5) is 0 Å². The Bertz CT molecular complexity index is 230. The van der Waals surface area contributed by atoms with E-state index in [-0.39, 0.29) is 5.97 Å². The zero-order valence-electron chi connectivity index (χ0n) is 9.71. The average molecular weight is 211 g/mol. The third-order valence-corrected chi connectivity index (χ3v) is 2.97. The number of hydrogen-bond donors (Lipinski definition) is 1. The second-order valence-electron chi connectivity index (χ2n) is 4.19. The largest absolute Gasteiger partial charge is 0.466 e. The van der Waals surface area contributed by atoms with Crippen LogP contribution in [0.2, 0.25) is 0 Å². The van der Waals surface area contributed by atoms with Gasteiger partial charge in [-0.25, -0.2) is 4.79 Å². The van der Waals surface area contributed by atoms with Gasteiger partial charge in [0.2, 0.25) is 0 Å². The third-order valence-electron chi connectivity index (χ3n) is 2.97. The molecule has 1 fully saturated rings. The maximum atomic E-state index is 11.0. The minimum absolute atomic E-state index is 0.238. The molecule has 3 nitrogen and oxygen atoms in total. The van der Waals surface area contributed by atoms with Crippen molar-refractivity contribution in [2.45, 2.75) is 32.6 Å². The van der Waals surface area contributed by atoms with Gasteiger partial charge in [0, 0.05) is 12.1 Å². The molecule has 0 aromatic carbocycles. The standard InChI is InChI=1S/C12H21NO2/c1-10(12(14)15-2)7-8-13-9-11-5-3-4-6-11/h7,11,13H,3-6,8-9H2,1-2H3. The highest BCUT2D eigenvalue weighted by atomic mass is 16.5. The van der Waals surface area contributed by atoms with E-state index in [4.69, 9.17) is 0 Å². The monoisotopic (exact) mass is 211 g/mol. The van der Waals surface area contributed by atoms with Crippen LogP contribution in [0.5, 0.6) is 0 Å². The summed E-state index contributed by atoms with van der Waals surface area (Å²) in [7, 11) is 1.41. The summed E-state index contributed by atoms with van der Waals surface area (Å²) in [5, 5.41) is 3.35. The number of esters is 1. The van der Waals surface area contributed by atoms with Gasteiger partial charge in [0.05, 0.1) is 7.11 Å². The van der Waals surface area contributed by atoms with E-state index in [0.29, 0.717) is 5.57 Å². The predicted octanol–water partition coefficient (Wildman–Crippen LogP) is 1.89. The van der Waals surface area contributed by atoms with Gasteiger partial charge in [0.25, 0.3) is 0 Å². The average Bonchev–Trinajstić information content (AvgIpc) is 2.75. The van der Waals surface area contributed by atoms with Gasteiger partial charge in [-0.2, -0.15) is 0 Å². The minimum atomic E-state index is -0.238. The SMILES string of the molecule is COC(=O)C(C)=CCNCC1CCCC1. The lowest BCUT2D eigenvalue weighted by molar-refractivity contribution is -0.136. The van der Waals surface area contributed by atoms with Gasteiger partial charge >= 0.3 is 5.97 Å². The fourth-order valence-electron chi connectivity index (χ4n) is 1.97. The van der Waals surface area contributed by atoms with Gasteiger partial charge in [-0.1, -0.05) is 18.9 Å².